The highest BCUT2D eigenvalue weighted by Crippen LogP contribution is 2.36. The molecule has 1 aliphatic heterocycles. The molecule has 1 aliphatic carbocycles. The maximum absolute atomic E-state index is 12.1. The molecule has 1 saturated carbocycles. The van der Waals surface area contributed by atoms with Crippen molar-refractivity contribution in [2.75, 3.05) is 20.3 Å². The van der Waals surface area contributed by atoms with Gasteiger partial charge in [0.2, 0.25) is 0 Å². The first-order chi connectivity index (χ1) is 8.48. The van der Waals surface area contributed by atoms with Gasteiger partial charge in [-0.3, -0.25) is 0 Å². The summed E-state index contributed by atoms with van der Waals surface area (Å²) < 4.78 is 5.28. The zero-order valence-electron chi connectivity index (χ0n) is 11.9. The minimum atomic E-state index is 0.0650. The summed E-state index contributed by atoms with van der Waals surface area (Å²) in [5.74, 6) is 0. The second-order valence-electron chi connectivity index (χ2n) is 6.52. The number of rotatable bonds is 2. The van der Waals surface area contributed by atoms with Crippen LogP contribution < -0.4 is 5.32 Å². The third kappa shape index (κ3) is 3.37. The van der Waals surface area contributed by atoms with E-state index < -0.39 is 0 Å². The van der Waals surface area contributed by atoms with Crippen LogP contribution in [0.2, 0.25) is 0 Å². The fraction of sp³-hybridized carbons (Fsp3) is 0.929. The van der Waals surface area contributed by atoms with E-state index in [9.17, 15) is 4.79 Å². The molecule has 2 amide bonds. The van der Waals surface area contributed by atoms with Gasteiger partial charge in [-0.2, -0.15) is 0 Å². The summed E-state index contributed by atoms with van der Waals surface area (Å²) in [5.41, 5.74) is 0.451. The highest BCUT2D eigenvalue weighted by atomic mass is 16.5. The van der Waals surface area contributed by atoms with Crippen molar-refractivity contribution in [1.29, 1.82) is 0 Å². The summed E-state index contributed by atoms with van der Waals surface area (Å²) in [6.45, 7) is 6.07. The lowest BCUT2D eigenvalue weighted by atomic mass is 9.75. The maximum atomic E-state index is 12.1. The Kier molecular flexibility index (Phi) is 4.15. The Morgan fingerprint density at radius 1 is 1.28 bits per heavy atom. The summed E-state index contributed by atoms with van der Waals surface area (Å²) >= 11 is 0. The SMILES string of the molecule is CN(C(=O)NC1CCOC1)C1CCC(C)(C)CC1. The Morgan fingerprint density at radius 3 is 2.50 bits per heavy atom. The van der Waals surface area contributed by atoms with E-state index in [4.69, 9.17) is 4.74 Å². The number of hydrogen-bond acceptors (Lipinski definition) is 2. The number of carbonyl (C=O) groups is 1. The quantitative estimate of drug-likeness (QED) is 0.822. The predicted molar refractivity (Wildman–Crippen MR) is 71.6 cm³/mol. The number of nitrogens with zero attached hydrogens (tertiary/aromatic N) is 1. The number of ether oxygens (including phenoxy) is 1. The molecule has 2 rings (SSSR count). The van der Waals surface area contributed by atoms with E-state index in [0.29, 0.717) is 18.1 Å². The van der Waals surface area contributed by atoms with Gasteiger partial charge in [0, 0.05) is 19.7 Å². The van der Waals surface area contributed by atoms with Gasteiger partial charge in [0.1, 0.15) is 0 Å². The molecule has 1 unspecified atom stereocenters. The first kappa shape index (κ1) is 13.7. The standard InChI is InChI=1S/C14H26N2O2/c1-14(2)7-4-12(5-8-14)16(3)13(17)15-11-6-9-18-10-11/h11-12H,4-10H2,1-3H3,(H,15,17). The molecule has 0 aromatic rings. The molecule has 0 bridgehead atoms. The van der Waals surface area contributed by atoms with E-state index in [1.54, 1.807) is 0 Å². The zero-order chi connectivity index (χ0) is 13.2. The number of hydrogen-bond donors (Lipinski definition) is 1. The highest BCUT2D eigenvalue weighted by molar-refractivity contribution is 5.74. The van der Waals surface area contributed by atoms with Gasteiger partial charge in [0.15, 0.2) is 0 Å². The van der Waals surface area contributed by atoms with Gasteiger partial charge in [-0.15, -0.1) is 0 Å². The van der Waals surface area contributed by atoms with Crippen molar-refractivity contribution in [3.63, 3.8) is 0 Å². The van der Waals surface area contributed by atoms with Crippen molar-refractivity contribution in [1.82, 2.24) is 10.2 Å². The molecular weight excluding hydrogens is 228 g/mol. The number of urea groups is 1. The normalized spacial score (nSPS) is 28.1. The van der Waals surface area contributed by atoms with E-state index >= 15 is 0 Å². The molecule has 104 valence electrons. The van der Waals surface area contributed by atoms with Gasteiger partial charge >= 0.3 is 6.03 Å². The van der Waals surface area contributed by atoms with Crippen molar-refractivity contribution >= 4 is 6.03 Å². The fourth-order valence-corrected chi connectivity index (χ4v) is 2.86. The third-order valence-electron chi connectivity index (χ3n) is 4.43. The number of nitrogens with one attached hydrogen (secondary N) is 1. The van der Waals surface area contributed by atoms with Crippen molar-refractivity contribution in [3.05, 3.63) is 0 Å². The molecule has 0 spiro atoms. The predicted octanol–water partition coefficient (Wildman–Crippen LogP) is 2.39. The Labute approximate surface area is 110 Å². The minimum Gasteiger partial charge on any atom is -0.379 e. The molecule has 4 nitrogen and oxygen atoms in total. The van der Waals surface area contributed by atoms with Crippen LogP contribution >= 0.6 is 0 Å². The van der Waals surface area contributed by atoms with Gasteiger partial charge in [0.05, 0.1) is 12.6 Å². The minimum absolute atomic E-state index is 0.0650. The van der Waals surface area contributed by atoms with Crippen LogP contribution in [-0.4, -0.2) is 43.3 Å². The van der Waals surface area contributed by atoms with E-state index in [0.717, 1.165) is 25.9 Å². The second-order valence-corrected chi connectivity index (χ2v) is 6.52. The van der Waals surface area contributed by atoms with Gasteiger partial charge in [-0.05, 0) is 37.5 Å². The molecule has 1 atom stereocenters. The molecule has 2 fully saturated rings. The molecule has 2 aliphatic rings. The summed E-state index contributed by atoms with van der Waals surface area (Å²) in [4.78, 5) is 14.0. The van der Waals surface area contributed by atoms with Crippen LogP contribution in [0.5, 0.6) is 0 Å². The van der Waals surface area contributed by atoms with Gasteiger partial charge in [-0.25, -0.2) is 4.79 Å². The van der Waals surface area contributed by atoms with Crippen molar-refractivity contribution in [2.45, 2.75) is 58.0 Å². The fourth-order valence-electron chi connectivity index (χ4n) is 2.86. The van der Waals surface area contributed by atoms with Gasteiger partial charge in [-0.1, -0.05) is 13.8 Å². The first-order valence-corrected chi connectivity index (χ1v) is 7.09. The largest absolute Gasteiger partial charge is 0.379 e. The average Bonchev–Trinajstić information content (AvgIpc) is 2.81. The van der Waals surface area contributed by atoms with Gasteiger partial charge in [0.25, 0.3) is 0 Å². The van der Waals surface area contributed by atoms with E-state index in [-0.39, 0.29) is 12.1 Å². The molecular formula is C14H26N2O2. The van der Waals surface area contributed by atoms with E-state index in [2.05, 4.69) is 19.2 Å². The average molecular weight is 254 g/mol. The van der Waals surface area contributed by atoms with Crippen molar-refractivity contribution in [3.8, 4) is 0 Å². The lowest BCUT2D eigenvalue weighted by Gasteiger charge is -2.38. The summed E-state index contributed by atoms with van der Waals surface area (Å²) in [7, 11) is 1.92. The highest BCUT2D eigenvalue weighted by Gasteiger charge is 2.31. The molecule has 0 radical (unpaired) electrons. The molecule has 1 heterocycles. The van der Waals surface area contributed by atoms with E-state index in [1.165, 1.54) is 12.8 Å². The number of carbonyl (C=O) groups excluding carboxylic acids is 1. The van der Waals surface area contributed by atoms with Crippen LogP contribution in [0.1, 0.15) is 46.0 Å². The Hall–Kier alpha value is -0.770. The number of amides is 2. The van der Waals surface area contributed by atoms with Crippen LogP contribution in [0.15, 0.2) is 0 Å². The second kappa shape index (κ2) is 5.47. The molecule has 1 saturated heterocycles. The summed E-state index contributed by atoms with van der Waals surface area (Å²) in [6.07, 6.45) is 5.61. The topological polar surface area (TPSA) is 41.6 Å². The van der Waals surface area contributed by atoms with Crippen LogP contribution in [0, 0.1) is 5.41 Å². The Balaban J connectivity index is 1.79. The Morgan fingerprint density at radius 2 is 1.94 bits per heavy atom. The molecule has 18 heavy (non-hydrogen) atoms. The maximum Gasteiger partial charge on any atom is 0.317 e. The van der Waals surface area contributed by atoms with E-state index in [1.807, 2.05) is 11.9 Å². The van der Waals surface area contributed by atoms with Gasteiger partial charge < -0.3 is 15.0 Å². The van der Waals surface area contributed by atoms with Crippen LogP contribution in [0.3, 0.4) is 0 Å². The molecule has 0 aromatic carbocycles. The molecule has 4 heteroatoms. The zero-order valence-corrected chi connectivity index (χ0v) is 11.9. The Bertz CT molecular complexity index is 288. The lowest BCUT2D eigenvalue weighted by molar-refractivity contribution is 0.131. The monoisotopic (exact) mass is 254 g/mol. The first-order valence-electron chi connectivity index (χ1n) is 7.09. The van der Waals surface area contributed by atoms with Crippen LogP contribution in [0.4, 0.5) is 4.79 Å². The van der Waals surface area contributed by atoms with Crippen LogP contribution in [-0.2, 0) is 4.74 Å². The van der Waals surface area contributed by atoms with Crippen molar-refractivity contribution < 1.29 is 9.53 Å². The molecule has 1 N–H and O–H groups in total. The summed E-state index contributed by atoms with van der Waals surface area (Å²) in [5, 5.41) is 3.06. The lowest BCUT2D eigenvalue weighted by Crippen LogP contribution is -2.48. The molecule has 0 aromatic heterocycles. The van der Waals surface area contributed by atoms with Crippen LogP contribution in [0.25, 0.3) is 0 Å². The third-order valence-corrected chi connectivity index (χ3v) is 4.43. The van der Waals surface area contributed by atoms with Crippen molar-refractivity contribution in [2.24, 2.45) is 5.41 Å². The summed E-state index contributed by atoms with van der Waals surface area (Å²) in [6, 6.07) is 0.676. The smallest absolute Gasteiger partial charge is 0.317 e.